The second-order valence-corrected chi connectivity index (χ2v) is 5.01. The molecule has 0 spiro atoms. The van der Waals surface area contributed by atoms with Crippen molar-refractivity contribution in [2.75, 3.05) is 6.61 Å². The zero-order chi connectivity index (χ0) is 17.3. The molecule has 0 unspecified atom stereocenters. The van der Waals surface area contributed by atoms with Crippen LogP contribution in [0.25, 0.3) is 22.4 Å². The van der Waals surface area contributed by atoms with Gasteiger partial charge in [0.05, 0.1) is 18.1 Å². The van der Waals surface area contributed by atoms with Gasteiger partial charge in [-0.2, -0.15) is 8.78 Å². The van der Waals surface area contributed by atoms with E-state index in [0.29, 0.717) is 28.2 Å². The van der Waals surface area contributed by atoms with Crippen LogP contribution >= 0.6 is 0 Å². The van der Waals surface area contributed by atoms with Crippen LogP contribution in [0, 0.1) is 6.92 Å². The Morgan fingerprint density at radius 3 is 2.75 bits per heavy atom. The maximum absolute atomic E-state index is 12.9. The summed E-state index contributed by atoms with van der Waals surface area (Å²) in [5.41, 5.74) is 2.11. The van der Waals surface area contributed by atoms with Gasteiger partial charge in [0.1, 0.15) is 5.52 Å². The molecule has 24 heavy (non-hydrogen) atoms. The summed E-state index contributed by atoms with van der Waals surface area (Å²) < 4.78 is 60.1. The van der Waals surface area contributed by atoms with Gasteiger partial charge in [0, 0.05) is 12.5 Å². The first-order valence-electron chi connectivity index (χ1n) is 6.83. The fourth-order valence-corrected chi connectivity index (χ4v) is 1.99. The van der Waals surface area contributed by atoms with E-state index in [0.717, 1.165) is 6.20 Å². The van der Waals surface area contributed by atoms with Gasteiger partial charge in [0.2, 0.25) is 5.88 Å². The lowest BCUT2D eigenvalue weighted by Gasteiger charge is -2.15. The Morgan fingerprint density at radius 2 is 2.00 bits per heavy atom. The number of rotatable bonds is 5. The molecule has 0 bridgehead atoms. The first kappa shape index (κ1) is 16.2. The smallest absolute Gasteiger partial charge is 0.340 e. The molecule has 5 nitrogen and oxygen atoms in total. The first-order chi connectivity index (χ1) is 11.3. The van der Waals surface area contributed by atoms with Crippen molar-refractivity contribution in [3.63, 3.8) is 0 Å². The minimum absolute atomic E-state index is 0.276. The molecule has 0 saturated heterocycles. The van der Waals surface area contributed by atoms with Crippen LogP contribution in [-0.2, 0) is 0 Å². The van der Waals surface area contributed by atoms with E-state index in [2.05, 4.69) is 19.7 Å². The van der Waals surface area contributed by atoms with Crippen LogP contribution in [0.2, 0.25) is 0 Å². The number of fused-ring (bicyclic) bond motifs is 1. The molecule has 3 rings (SSSR count). The van der Waals surface area contributed by atoms with E-state index in [1.807, 2.05) is 0 Å². The maximum atomic E-state index is 12.9. The van der Waals surface area contributed by atoms with Crippen molar-refractivity contribution in [3.05, 3.63) is 36.5 Å². The highest BCUT2D eigenvalue weighted by molar-refractivity contribution is 5.79. The second-order valence-electron chi connectivity index (χ2n) is 5.01. The molecule has 0 aliphatic heterocycles. The van der Waals surface area contributed by atoms with Crippen LogP contribution in [0.15, 0.2) is 35.0 Å². The Labute approximate surface area is 133 Å². The van der Waals surface area contributed by atoms with E-state index in [1.54, 1.807) is 25.1 Å². The summed E-state index contributed by atoms with van der Waals surface area (Å²) in [6, 6.07) is 5.07. The predicted molar refractivity (Wildman–Crippen MR) is 76.2 cm³/mol. The zero-order valence-corrected chi connectivity index (χ0v) is 12.3. The quantitative estimate of drug-likeness (QED) is 0.659. The van der Waals surface area contributed by atoms with Crippen molar-refractivity contribution in [1.29, 1.82) is 0 Å². The molecule has 0 saturated carbocycles. The van der Waals surface area contributed by atoms with Gasteiger partial charge in [-0.1, -0.05) is 6.07 Å². The van der Waals surface area contributed by atoms with Crippen molar-refractivity contribution >= 4 is 11.1 Å². The molecule has 2 heterocycles. The van der Waals surface area contributed by atoms with Crippen LogP contribution in [0.1, 0.15) is 5.89 Å². The average molecular weight is 341 g/mol. The summed E-state index contributed by atoms with van der Waals surface area (Å²) in [6.45, 7) is 0.222. The molecule has 9 heteroatoms. The molecule has 0 N–H and O–H groups in total. The van der Waals surface area contributed by atoms with Crippen molar-refractivity contribution in [1.82, 2.24) is 15.0 Å². The third kappa shape index (κ3) is 3.29. The Morgan fingerprint density at radius 1 is 1.21 bits per heavy atom. The summed E-state index contributed by atoms with van der Waals surface area (Å²) in [5, 5.41) is 0. The lowest BCUT2D eigenvalue weighted by atomic mass is 10.1. The number of halogens is 4. The third-order valence-corrected chi connectivity index (χ3v) is 3.14. The third-order valence-electron chi connectivity index (χ3n) is 3.14. The van der Waals surface area contributed by atoms with E-state index in [9.17, 15) is 17.6 Å². The Kier molecular flexibility index (Phi) is 4.08. The average Bonchev–Trinajstić information content (AvgIpc) is 2.92. The highest BCUT2D eigenvalue weighted by Crippen LogP contribution is 2.26. The van der Waals surface area contributed by atoms with E-state index in [-0.39, 0.29) is 5.88 Å². The maximum Gasteiger partial charge on any atom is 0.340 e. The van der Waals surface area contributed by atoms with Gasteiger partial charge >= 0.3 is 12.3 Å². The number of aryl methyl sites for hydroxylation is 1. The molecular weight excluding hydrogens is 330 g/mol. The summed E-state index contributed by atoms with van der Waals surface area (Å²) in [5.74, 6) is -4.03. The van der Waals surface area contributed by atoms with E-state index < -0.39 is 19.0 Å². The second kappa shape index (κ2) is 6.06. The number of alkyl halides is 4. The fraction of sp³-hybridized carbons (Fsp3) is 0.267. The Hall–Kier alpha value is -2.71. The molecule has 1 aromatic carbocycles. The van der Waals surface area contributed by atoms with E-state index in [4.69, 9.17) is 4.42 Å². The standard InChI is InChI=1S/C15H11F4N3O2/c1-8-21-10-3-2-9(4-12(10)24-8)11-5-20-6-13(22-11)23-7-15(18,19)14(16)17/h2-6,14H,7H2,1H3. The molecular formula is C15H11F4N3O2. The molecule has 0 amide bonds. The molecule has 0 atom stereocenters. The van der Waals surface area contributed by atoms with E-state index in [1.165, 1.54) is 6.20 Å². The van der Waals surface area contributed by atoms with Crippen LogP contribution in [0.3, 0.4) is 0 Å². The van der Waals surface area contributed by atoms with Crippen molar-refractivity contribution in [2.45, 2.75) is 19.3 Å². The number of hydrogen-bond acceptors (Lipinski definition) is 5. The molecule has 126 valence electrons. The lowest BCUT2D eigenvalue weighted by molar-refractivity contribution is -0.148. The Bertz CT molecular complexity index is 867. The lowest BCUT2D eigenvalue weighted by Crippen LogP contribution is -2.33. The number of ether oxygens (including phenoxy) is 1. The fourth-order valence-electron chi connectivity index (χ4n) is 1.99. The summed E-state index contributed by atoms with van der Waals surface area (Å²) in [7, 11) is 0. The number of aromatic nitrogens is 3. The van der Waals surface area contributed by atoms with Gasteiger partial charge in [0.25, 0.3) is 0 Å². The first-order valence-corrected chi connectivity index (χ1v) is 6.83. The molecule has 0 radical (unpaired) electrons. The number of oxazole rings is 1. The number of benzene rings is 1. The number of hydrogen-bond donors (Lipinski definition) is 0. The molecule has 0 aliphatic rings. The molecule has 3 aromatic rings. The van der Waals surface area contributed by atoms with Crippen LogP contribution < -0.4 is 4.74 Å². The Balaban J connectivity index is 1.83. The topological polar surface area (TPSA) is 61.0 Å². The summed E-state index contributed by atoms with van der Waals surface area (Å²) >= 11 is 0. The van der Waals surface area contributed by atoms with Gasteiger partial charge in [0.15, 0.2) is 18.1 Å². The monoisotopic (exact) mass is 341 g/mol. The minimum Gasteiger partial charge on any atom is -0.470 e. The minimum atomic E-state index is -4.26. The van der Waals surface area contributed by atoms with Gasteiger partial charge in [-0.15, -0.1) is 0 Å². The highest BCUT2D eigenvalue weighted by Gasteiger charge is 2.41. The van der Waals surface area contributed by atoms with Gasteiger partial charge < -0.3 is 9.15 Å². The van der Waals surface area contributed by atoms with E-state index >= 15 is 0 Å². The van der Waals surface area contributed by atoms with Crippen LogP contribution in [0.4, 0.5) is 17.6 Å². The predicted octanol–water partition coefficient (Wildman–Crippen LogP) is 3.87. The van der Waals surface area contributed by atoms with Crippen LogP contribution in [0.5, 0.6) is 5.88 Å². The molecule has 2 aromatic heterocycles. The van der Waals surface area contributed by atoms with Crippen molar-refractivity contribution < 1.29 is 26.7 Å². The van der Waals surface area contributed by atoms with Gasteiger partial charge in [-0.25, -0.2) is 18.7 Å². The largest absolute Gasteiger partial charge is 0.470 e. The zero-order valence-electron chi connectivity index (χ0n) is 12.3. The van der Waals surface area contributed by atoms with Crippen molar-refractivity contribution in [2.24, 2.45) is 0 Å². The summed E-state index contributed by atoms with van der Waals surface area (Å²) in [4.78, 5) is 12.0. The van der Waals surface area contributed by atoms with Crippen LogP contribution in [-0.4, -0.2) is 33.9 Å². The van der Waals surface area contributed by atoms with Gasteiger partial charge in [-0.05, 0) is 12.1 Å². The number of nitrogens with zero attached hydrogens (tertiary/aromatic N) is 3. The van der Waals surface area contributed by atoms with Crippen molar-refractivity contribution in [3.8, 4) is 17.1 Å². The molecule has 0 fully saturated rings. The molecule has 0 aliphatic carbocycles. The van der Waals surface area contributed by atoms with Gasteiger partial charge in [-0.3, -0.25) is 4.98 Å². The summed E-state index contributed by atoms with van der Waals surface area (Å²) in [6.07, 6.45) is -1.35. The normalized spacial score (nSPS) is 12.1. The highest BCUT2D eigenvalue weighted by atomic mass is 19.3. The SMILES string of the molecule is Cc1nc2ccc(-c3cncc(OCC(F)(F)C(F)F)n3)cc2o1.